The van der Waals surface area contributed by atoms with Crippen LogP contribution in [0.15, 0.2) is 12.7 Å². The van der Waals surface area contributed by atoms with Crippen LogP contribution in [0.25, 0.3) is 0 Å². The van der Waals surface area contributed by atoms with Gasteiger partial charge in [-0.2, -0.15) is 0 Å². The Hall–Kier alpha value is -0.573. The van der Waals surface area contributed by atoms with Gasteiger partial charge in [0.05, 0.1) is 12.0 Å². The summed E-state index contributed by atoms with van der Waals surface area (Å²) in [5.74, 6) is 0.447. The zero-order chi connectivity index (χ0) is 12.0. The summed E-state index contributed by atoms with van der Waals surface area (Å²) >= 11 is 0. The fourth-order valence-corrected chi connectivity index (χ4v) is 4.52. The van der Waals surface area contributed by atoms with Gasteiger partial charge in [-0.05, 0) is 5.04 Å². The third-order valence-corrected chi connectivity index (χ3v) is 9.51. The van der Waals surface area contributed by atoms with Crippen LogP contribution in [0.5, 0.6) is 0 Å². The second-order valence-electron chi connectivity index (χ2n) is 6.03. The Kier molecular flexibility index (Phi) is 2.90. The van der Waals surface area contributed by atoms with E-state index in [1.54, 1.807) is 0 Å². The Morgan fingerprint density at radius 3 is 2.20 bits per heavy atom. The molecule has 2 atom stereocenters. The molecule has 2 nitrogen and oxygen atoms in total. The Bertz CT molecular complexity index is 290. The van der Waals surface area contributed by atoms with Gasteiger partial charge in [-0.15, -0.1) is 6.58 Å². The van der Waals surface area contributed by atoms with Crippen LogP contribution >= 0.6 is 0 Å². The number of hydrogen-bond donors (Lipinski definition) is 0. The minimum Gasteiger partial charge on any atom is -0.362 e. The van der Waals surface area contributed by atoms with Gasteiger partial charge in [-0.1, -0.05) is 46.9 Å². The first-order chi connectivity index (χ1) is 6.64. The number of nitrogens with zero attached hydrogens (tertiary/aromatic N) is 1. The van der Waals surface area contributed by atoms with Gasteiger partial charge in [0.15, 0.2) is 8.24 Å². The second-order valence-corrected chi connectivity index (χ2v) is 11.1. The van der Waals surface area contributed by atoms with E-state index >= 15 is 0 Å². The molecule has 1 aliphatic rings. The van der Waals surface area contributed by atoms with Crippen LogP contribution in [0.2, 0.25) is 18.1 Å². The number of β-lactam (4-membered cyclic amide) rings is 1. The maximum Gasteiger partial charge on any atom is 0.220 e. The van der Waals surface area contributed by atoms with Crippen molar-refractivity contribution in [1.82, 2.24) is 4.57 Å². The van der Waals surface area contributed by atoms with Crippen LogP contribution < -0.4 is 0 Å². The smallest absolute Gasteiger partial charge is 0.220 e. The SMILES string of the molecule is C=CC1C(C)C(=O)N1[Si](C)(C)C(C)(C)C. The van der Waals surface area contributed by atoms with E-state index in [1.807, 2.05) is 13.0 Å². The van der Waals surface area contributed by atoms with Crippen molar-refractivity contribution in [2.75, 3.05) is 0 Å². The fraction of sp³-hybridized carbons (Fsp3) is 0.750. The molecule has 1 amide bonds. The maximum atomic E-state index is 11.9. The normalized spacial score (nSPS) is 27.6. The lowest BCUT2D eigenvalue weighted by atomic mass is 9.93. The van der Waals surface area contributed by atoms with Gasteiger partial charge in [-0.3, -0.25) is 4.79 Å². The first-order valence-electron chi connectivity index (χ1n) is 5.60. The second kappa shape index (κ2) is 3.48. The summed E-state index contributed by atoms with van der Waals surface area (Å²) in [7, 11) is -1.70. The minimum absolute atomic E-state index is 0.136. The van der Waals surface area contributed by atoms with Crippen molar-refractivity contribution in [3.05, 3.63) is 12.7 Å². The summed E-state index contributed by atoms with van der Waals surface area (Å²) in [6, 6.07) is 0.262. The molecule has 1 rings (SSSR count). The molecule has 1 aliphatic heterocycles. The highest BCUT2D eigenvalue weighted by atomic mass is 28.3. The van der Waals surface area contributed by atoms with Crippen LogP contribution in [-0.4, -0.2) is 24.7 Å². The molecule has 0 aromatic carbocycles. The topological polar surface area (TPSA) is 20.3 Å². The molecular weight excluding hydrogens is 202 g/mol. The predicted octanol–water partition coefficient (Wildman–Crippen LogP) is 3.02. The molecule has 0 aliphatic carbocycles. The van der Waals surface area contributed by atoms with Gasteiger partial charge >= 0.3 is 0 Å². The first-order valence-corrected chi connectivity index (χ1v) is 8.55. The largest absolute Gasteiger partial charge is 0.362 e. The van der Waals surface area contributed by atoms with Gasteiger partial charge in [-0.25, -0.2) is 0 Å². The zero-order valence-corrected chi connectivity index (χ0v) is 11.8. The van der Waals surface area contributed by atoms with Crippen LogP contribution in [0.3, 0.4) is 0 Å². The number of carbonyl (C=O) groups is 1. The zero-order valence-electron chi connectivity index (χ0n) is 10.8. The quantitative estimate of drug-likeness (QED) is 0.402. The molecular formula is C12H23NOSi. The monoisotopic (exact) mass is 225 g/mol. The number of rotatable bonds is 2. The van der Waals surface area contributed by atoms with Crippen LogP contribution in [0.4, 0.5) is 0 Å². The van der Waals surface area contributed by atoms with Gasteiger partial charge in [0.2, 0.25) is 5.91 Å². The summed E-state index contributed by atoms with van der Waals surface area (Å²) < 4.78 is 2.12. The maximum absolute atomic E-state index is 11.9. The average molecular weight is 225 g/mol. The number of carbonyl (C=O) groups excluding carboxylic acids is 1. The molecule has 0 aromatic heterocycles. The molecule has 2 unspecified atom stereocenters. The first kappa shape index (κ1) is 12.5. The fourth-order valence-electron chi connectivity index (χ4n) is 1.97. The highest BCUT2D eigenvalue weighted by molar-refractivity contribution is 6.80. The van der Waals surface area contributed by atoms with Gasteiger partial charge < -0.3 is 4.57 Å². The van der Waals surface area contributed by atoms with Crippen molar-refractivity contribution in [2.45, 2.75) is 51.9 Å². The summed E-state index contributed by atoms with van der Waals surface area (Å²) in [4.78, 5) is 11.9. The Morgan fingerprint density at radius 2 is 1.87 bits per heavy atom. The summed E-state index contributed by atoms with van der Waals surface area (Å²) in [5.41, 5.74) is 0. The third kappa shape index (κ3) is 1.67. The minimum atomic E-state index is -1.70. The van der Waals surface area contributed by atoms with Crippen molar-refractivity contribution in [3.63, 3.8) is 0 Å². The highest BCUT2D eigenvalue weighted by Crippen LogP contribution is 2.44. The average Bonchev–Trinajstić information content (AvgIpc) is 2.09. The van der Waals surface area contributed by atoms with Gasteiger partial charge in [0, 0.05) is 0 Å². The van der Waals surface area contributed by atoms with E-state index in [-0.39, 0.29) is 17.0 Å². The summed E-state index contributed by atoms with van der Waals surface area (Å²) in [5, 5.41) is 0.212. The van der Waals surface area contributed by atoms with E-state index in [0.29, 0.717) is 5.91 Å². The van der Waals surface area contributed by atoms with Crippen molar-refractivity contribution in [1.29, 1.82) is 0 Å². The van der Waals surface area contributed by atoms with E-state index in [0.717, 1.165) is 0 Å². The standard InChI is InChI=1S/C12H23NOSi/c1-8-10-9(2)11(14)13(10)15(6,7)12(3,4)5/h8-10H,1H2,2-7H3. The molecule has 0 saturated carbocycles. The molecule has 0 N–H and O–H groups in total. The summed E-state index contributed by atoms with van der Waals surface area (Å²) in [6.45, 7) is 17.1. The van der Waals surface area contributed by atoms with Crippen molar-refractivity contribution in [2.24, 2.45) is 5.92 Å². The lowest BCUT2D eigenvalue weighted by Gasteiger charge is -2.57. The molecule has 3 heteroatoms. The van der Waals surface area contributed by atoms with E-state index in [4.69, 9.17) is 0 Å². The Labute approximate surface area is 94.4 Å². The molecule has 0 bridgehead atoms. The van der Waals surface area contributed by atoms with Crippen LogP contribution in [0, 0.1) is 5.92 Å². The molecule has 15 heavy (non-hydrogen) atoms. The van der Waals surface area contributed by atoms with E-state index in [9.17, 15) is 4.79 Å². The Balaban J connectivity index is 2.99. The molecule has 0 aromatic rings. The van der Waals surface area contributed by atoms with E-state index in [1.165, 1.54) is 0 Å². The molecule has 86 valence electrons. The van der Waals surface area contributed by atoms with Crippen LogP contribution in [0.1, 0.15) is 27.7 Å². The van der Waals surface area contributed by atoms with E-state index < -0.39 is 8.24 Å². The number of hydrogen-bond acceptors (Lipinski definition) is 1. The van der Waals surface area contributed by atoms with E-state index in [2.05, 4.69) is 45.0 Å². The van der Waals surface area contributed by atoms with Crippen LogP contribution in [-0.2, 0) is 4.79 Å². The van der Waals surface area contributed by atoms with Gasteiger partial charge in [0.25, 0.3) is 0 Å². The lowest BCUT2D eigenvalue weighted by Crippen LogP contribution is -2.71. The molecule has 1 fully saturated rings. The van der Waals surface area contributed by atoms with Crippen molar-refractivity contribution in [3.8, 4) is 0 Å². The van der Waals surface area contributed by atoms with Gasteiger partial charge in [0.1, 0.15) is 0 Å². The molecule has 0 radical (unpaired) electrons. The third-order valence-electron chi connectivity index (χ3n) is 4.12. The summed E-state index contributed by atoms with van der Waals surface area (Å²) in [6.07, 6.45) is 1.92. The number of amides is 1. The predicted molar refractivity (Wildman–Crippen MR) is 67.2 cm³/mol. The molecule has 1 saturated heterocycles. The molecule has 1 heterocycles. The lowest BCUT2D eigenvalue weighted by molar-refractivity contribution is -0.144. The van der Waals surface area contributed by atoms with Crippen molar-refractivity contribution < 1.29 is 4.79 Å². The Morgan fingerprint density at radius 1 is 1.40 bits per heavy atom. The van der Waals surface area contributed by atoms with Crippen molar-refractivity contribution >= 4 is 14.1 Å². The highest BCUT2D eigenvalue weighted by Gasteiger charge is 2.54. The molecule has 0 spiro atoms.